The van der Waals surface area contributed by atoms with Crippen LogP contribution in [0.5, 0.6) is 5.75 Å². The molecule has 2 rings (SSSR count). The summed E-state index contributed by atoms with van der Waals surface area (Å²) in [5.74, 6) is -0.640. The predicted octanol–water partition coefficient (Wildman–Crippen LogP) is 1.66. The molecule has 1 aromatic heterocycles. The van der Waals surface area contributed by atoms with Gasteiger partial charge < -0.3 is 20.0 Å². The molecule has 1 aromatic carbocycles. The molecule has 0 radical (unpaired) electrons. The Morgan fingerprint density at radius 3 is 2.42 bits per heavy atom. The van der Waals surface area contributed by atoms with Gasteiger partial charge in [0.1, 0.15) is 24.4 Å². The minimum absolute atomic E-state index is 0.0719. The van der Waals surface area contributed by atoms with Gasteiger partial charge in [-0.25, -0.2) is 4.79 Å². The normalized spacial score (nSPS) is 10.1. The third-order valence-corrected chi connectivity index (χ3v) is 2.42. The maximum Gasteiger partial charge on any atom is 0.338 e. The fourth-order valence-electron chi connectivity index (χ4n) is 1.44. The van der Waals surface area contributed by atoms with Crippen molar-refractivity contribution in [2.75, 3.05) is 0 Å². The van der Waals surface area contributed by atoms with Crippen LogP contribution < -0.4 is 10.5 Å². The second-order valence-electron chi connectivity index (χ2n) is 3.78. The summed E-state index contributed by atoms with van der Waals surface area (Å²) in [6.07, 6.45) is 1.15. The van der Waals surface area contributed by atoms with Gasteiger partial charge in [0.2, 0.25) is 5.91 Å². The first-order valence-corrected chi connectivity index (χ1v) is 5.39. The van der Waals surface area contributed by atoms with Crippen molar-refractivity contribution in [2.24, 2.45) is 5.73 Å². The van der Waals surface area contributed by atoms with Gasteiger partial charge in [-0.3, -0.25) is 4.79 Å². The molecular weight excluding hydrogens is 250 g/mol. The molecule has 0 spiro atoms. The Kier molecular flexibility index (Phi) is 3.51. The predicted molar refractivity (Wildman–Crippen MR) is 65.0 cm³/mol. The second-order valence-corrected chi connectivity index (χ2v) is 3.78. The van der Waals surface area contributed by atoms with Crippen molar-refractivity contribution in [3.8, 4) is 5.75 Å². The highest BCUT2D eigenvalue weighted by Crippen LogP contribution is 2.15. The Labute approximate surface area is 108 Å². The van der Waals surface area contributed by atoms with E-state index in [2.05, 4.69) is 0 Å². The van der Waals surface area contributed by atoms with Crippen LogP contribution in [0.2, 0.25) is 0 Å². The maximum absolute atomic E-state index is 10.9. The molecule has 2 aromatic rings. The number of carbonyl (C=O) groups excluding carboxylic acids is 1. The Morgan fingerprint density at radius 2 is 1.89 bits per heavy atom. The van der Waals surface area contributed by atoms with E-state index in [1.165, 1.54) is 6.07 Å². The molecule has 3 N–H and O–H groups in total. The lowest BCUT2D eigenvalue weighted by Gasteiger charge is -2.04. The molecule has 0 unspecified atom stereocenters. The first-order chi connectivity index (χ1) is 9.06. The zero-order chi connectivity index (χ0) is 13.8. The number of rotatable bonds is 5. The SMILES string of the molecule is NC(=O)c1ccc(OCc2cc(C(=O)O)co2)cc1. The third kappa shape index (κ3) is 3.12. The molecule has 0 saturated heterocycles. The summed E-state index contributed by atoms with van der Waals surface area (Å²) in [6.45, 7) is 0.100. The number of carboxylic acids is 1. The number of aromatic carboxylic acids is 1. The van der Waals surface area contributed by atoms with Crippen LogP contribution in [0.25, 0.3) is 0 Å². The standard InChI is InChI=1S/C13H11NO5/c14-12(15)8-1-3-10(4-2-8)19-7-11-5-9(6-18-11)13(16)17/h1-6H,7H2,(H2,14,15)(H,16,17). The molecule has 0 bridgehead atoms. The van der Waals surface area contributed by atoms with E-state index in [-0.39, 0.29) is 12.2 Å². The lowest BCUT2D eigenvalue weighted by atomic mass is 10.2. The number of carboxylic acid groups (broad SMARTS) is 1. The Hall–Kier alpha value is -2.76. The molecule has 0 aliphatic carbocycles. The van der Waals surface area contributed by atoms with Crippen LogP contribution in [0, 0.1) is 0 Å². The van der Waals surface area contributed by atoms with E-state index in [1.54, 1.807) is 24.3 Å². The van der Waals surface area contributed by atoms with Gasteiger partial charge in [-0.05, 0) is 30.3 Å². The van der Waals surface area contributed by atoms with Crippen LogP contribution >= 0.6 is 0 Å². The number of furan rings is 1. The van der Waals surface area contributed by atoms with Gasteiger partial charge >= 0.3 is 5.97 Å². The summed E-state index contributed by atoms with van der Waals surface area (Å²) in [6, 6.07) is 7.67. The molecule has 0 saturated carbocycles. The van der Waals surface area contributed by atoms with E-state index in [0.29, 0.717) is 17.1 Å². The van der Waals surface area contributed by atoms with E-state index in [9.17, 15) is 9.59 Å². The molecular formula is C13H11NO5. The Morgan fingerprint density at radius 1 is 1.21 bits per heavy atom. The first kappa shape index (κ1) is 12.7. The van der Waals surface area contributed by atoms with Crippen molar-refractivity contribution in [3.05, 3.63) is 53.5 Å². The van der Waals surface area contributed by atoms with Crippen molar-refractivity contribution in [2.45, 2.75) is 6.61 Å². The lowest BCUT2D eigenvalue weighted by molar-refractivity contribution is 0.0696. The number of primary amides is 1. The van der Waals surface area contributed by atoms with Gasteiger partial charge in [-0.2, -0.15) is 0 Å². The topological polar surface area (TPSA) is 103 Å². The molecule has 0 atom stereocenters. The summed E-state index contributed by atoms with van der Waals surface area (Å²) in [4.78, 5) is 21.5. The van der Waals surface area contributed by atoms with Crippen molar-refractivity contribution < 1.29 is 23.8 Å². The van der Waals surface area contributed by atoms with Crippen LogP contribution in [0.1, 0.15) is 26.5 Å². The monoisotopic (exact) mass is 261 g/mol. The molecule has 98 valence electrons. The smallest absolute Gasteiger partial charge is 0.338 e. The van der Waals surface area contributed by atoms with Gasteiger partial charge in [-0.1, -0.05) is 0 Å². The van der Waals surface area contributed by atoms with Crippen molar-refractivity contribution in [1.29, 1.82) is 0 Å². The van der Waals surface area contributed by atoms with Crippen LogP contribution in [-0.4, -0.2) is 17.0 Å². The highest BCUT2D eigenvalue weighted by Gasteiger charge is 2.08. The van der Waals surface area contributed by atoms with Crippen molar-refractivity contribution in [1.82, 2.24) is 0 Å². The second kappa shape index (κ2) is 5.26. The average molecular weight is 261 g/mol. The maximum atomic E-state index is 10.9. The fourth-order valence-corrected chi connectivity index (χ4v) is 1.44. The van der Waals surface area contributed by atoms with Gasteiger partial charge in [0, 0.05) is 5.56 Å². The molecule has 1 amide bonds. The fraction of sp³-hybridized carbons (Fsp3) is 0.0769. The first-order valence-electron chi connectivity index (χ1n) is 5.39. The number of ether oxygens (including phenoxy) is 1. The number of nitrogens with two attached hydrogens (primary N) is 1. The van der Waals surface area contributed by atoms with E-state index in [1.807, 2.05) is 0 Å². The number of benzene rings is 1. The van der Waals surface area contributed by atoms with Gasteiger partial charge in [0.05, 0.1) is 5.56 Å². The Bertz CT molecular complexity index is 600. The summed E-state index contributed by atoms with van der Waals surface area (Å²) < 4.78 is 10.4. The van der Waals surface area contributed by atoms with Crippen molar-refractivity contribution >= 4 is 11.9 Å². The van der Waals surface area contributed by atoms with Gasteiger partial charge in [0.15, 0.2) is 0 Å². The van der Waals surface area contributed by atoms with Crippen LogP contribution in [0.15, 0.2) is 41.0 Å². The average Bonchev–Trinajstić information content (AvgIpc) is 2.86. The quantitative estimate of drug-likeness (QED) is 0.851. The summed E-state index contributed by atoms with van der Waals surface area (Å²) in [7, 11) is 0. The van der Waals surface area contributed by atoms with E-state index in [0.717, 1.165) is 6.26 Å². The lowest BCUT2D eigenvalue weighted by Crippen LogP contribution is -2.10. The van der Waals surface area contributed by atoms with Crippen molar-refractivity contribution in [3.63, 3.8) is 0 Å². The zero-order valence-electron chi connectivity index (χ0n) is 9.83. The molecule has 19 heavy (non-hydrogen) atoms. The summed E-state index contributed by atoms with van der Waals surface area (Å²) >= 11 is 0. The minimum atomic E-state index is -1.05. The Balaban J connectivity index is 1.97. The van der Waals surface area contributed by atoms with E-state index >= 15 is 0 Å². The molecule has 0 aliphatic heterocycles. The van der Waals surface area contributed by atoms with E-state index < -0.39 is 11.9 Å². The number of hydrogen-bond acceptors (Lipinski definition) is 4. The minimum Gasteiger partial charge on any atom is -0.486 e. The van der Waals surface area contributed by atoms with Crippen LogP contribution in [0.4, 0.5) is 0 Å². The highest BCUT2D eigenvalue weighted by molar-refractivity contribution is 5.92. The zero-order valence-corrected chi connectivity index (χ0v) is 9.83. The van der Waals surface area contributed by atoms with Gasteiger partial charge in [-0.15, -0.1) is 0 Å². The third-order valence-electron chi connectivity index (χ3n) is 2.42. The molecule has 0 fully saturated rings. The molecule has 0 aliphatic rings. The number of amides is 1. The molecule has 1 heterocycles. The van der Waals surface area contributed by atoms with Crippen LogP contribution in [0.3, 0.4) is 0 Å². The number of hydrogen-bond donors (Lipinski definition) is 2. The summed E-state index contributed by atoms with van der Waals surface area (Å²) in [5.41, 5.74) is 5.57. The summed E-state index contributed by atoms with van der Waals surface area (Å²) in [5, 5.41) is 8.72. The van der Waals surface area contributed by atoms with E-state index in [4.69, 9.17) is 20.0 Å². The van der Waals surface area contributed by atoms with Crippen LogP contribution in [-0.2, 0) is 6.61 Å². The molecule has 6 nitrogen and oxygen atoms in total. The number of carbonyl (C=O) groups is 2. The van der Waals surface area contributed by atoms with Gasteiger partial charge in [0.25, 0.3) is 0 Å². The molecule has 6 heteroatoms. The highest BCUT2D eigenvalue weighted by atomic mass is 16.5. The largest absolute Gasteiger partial charge is 0.486 e.